The highest BCUT2D eigenvalue weighted by Gasteiger charge is 2.34. The Labute approximate surface area is 112 Å². The number of methoxy groups -OCH3 is 1. The number of nitrogens with two attached hydrogens (primary N) is 1. The molecule has 1 atom stereocenters. The molecular formula is C14H31N3O. The van der Waals surface area contributed by atoms with Crippen LogP contribution in [0.2, 0.25) is 0 Å². The van der Waals surface area contributed by atoms with Crippen molar-refractivity contribution in [3.63, 3.8) is 0 Å². The second-order valence-corrected chi connectivity index (χ2v) is 6.59. The van der Waals surface area contributed by atoms with Gasteiger partial charge in [0.05, 0.1) is 0 Å². The zero-order valence-corrected chi connectivity index (χ0v) is 12.8. The summed E-state index contributed by atoms with van der Waals surface area (Å²) in [5.41, 5.74) is 6.35. The van der Waals surface area contributed by atoms with Gasteiger partial charge in [-0.05, 0) is 34.1 Å². The SMILES string of the molecule is COCCC(C)(CN)N1CCN(C(C)(C)C)CC1. The molecule has 4 nitrogen and oxygen atoms in total. The monoisotopic (exact) mass is 257 g/mol. The lowest BCUT2D eigenvalue weighted by Crippen LogP contribution is -2.61. The summed E-state index contributed by atoms with van der Waals surface area (Å²) in [5.74, 6) is 0. The van der Waals surface area contributed by atoms with Crippen molar-refractivity contribution < 1.29 is 4.74 Å². The maximum Gasteiger partial charge on any atom is 0.0480 e. The Kier molecular flexibility index (Phi) is 5.59. The first kappa shape index (κ1) is 15.9. The van der Waals surface area contributed by atoms with Gasteiger partial charge in [0.1, 0.15) is 0 Å². The van der Waals surface area contributed by atoms with E-state index in [-0.39, 0.29) is 11.1 Å². The standard InChI is InChI=1S/C14H31N3O/c1-13(2,3)16-7-9-17(10-8-16)14(4,12-15)6-11-18-5/h6-12,15H2,1-5H3. The van der Waals surface area contributed by atoms with E-state index >= 15 is 0 Å². The van der Waals surface area contributed by atoms with Gasteiger partial charge in [0, 0.05) is 57.5 Å². The summed E-state index contributed by atoms with van der Waals surface area (Å²) in [6.07, 6.45) is 1.01. The van der Waals surface area contributed by atoms with Gasteiger partial charge in [-0.2, -0.15) is 0 Å². The summed E-state index contributed by atoms with van der Waals surface area (Å²) >= 11 is 0. The van der Waals surface area contributed by atoms with E-state index in [4.69, 9.17) is 10.5 Å². The normalized spacial score (nSPS) is 23.0. The summed E-state index contributed by atoms with van der Waals surface area (Å²) in [4.78, 5) is 5.09. The van der Waals surface area contributed by atoms with Crippen LogP contribution in [0.4, 0.5) is 0 Å². The molecule has 18 heavy (non-hydrogen) atoms. The third-order valence-corrected chi connectivity index (χ3v) is 4.28. The van der Waals surface area contributed by atoms with E-state index in [2.05, 4.69) is 37.5 Å². The van der Waals surface area contributed by atoms with Crippen LogP contribution in [0.1, 0.15) is 34.1 Å². The summed E-state index contributed by atoms with van der Waals surface area (Å²) in [7, 11) is 1.76. The Morgan fingerprint density at radius 2 is 1.50 bits per heavy atom. The fourth-order valence-corrected chi connectivity index (χ4v) is 2.63. The molecule has 0 saturated carbocycles. The Bertz CT molecular complexity index is 244. The van der Waals surface area contributed by atoms with Crippen molar-refractivity contribution in [3.05, 3.63) is 0 Å². The molecule has 1 saturated heterocycles. The third kappa shape index (κ3) is 3.92. The summed E-state index contributed by atoms with van der Waals surface area (Å²) in [6.45, 7) is 15.1. The van der Waals surface area contributed by atoms with Crippen LogP contribution in [0.15, 0.2) is 0 Å². The van der Waals surface area contributed by atoms with E-state index in [0.717, 1.165) is 39.2 Å². The highest BCUT2D eigenvalue weighted by molar-refractivity contribution is 4.92. The van der Waals surface area contributed by atoms with Crippen LogP contribution in [0.5, 0.6) is 0 Å². The molecule has 1 unspecified atom stereocenters. The molecule has 1 aliphatic heterocycles. The van der Waals surface area contributed by atoms with Crippen LogP contribution in [0, 0.1) is 0 Å². The van der Waals surface area contributed by atoms with E-state index in [1.54, 1.807) is 7.11 Å². The molecule has 0 spiro atoms. The minimum atomic E-state index is 0.0833. The molecule has 0 aliphatic carbocycles. The molecule has 1 heterocycles. The lowest BCUT2D eigenvalue weighted by molar-refractivity contribution is -0.00124. The van der Waals surface area contributed by atoms with Crippen molar-refractivity contribution in [1.82, 2.24) is 9.80 Å². The predicted molar refractivity (Wildman–Crippen MR) is 76.9 cm³/mol. The summed E-state index contributed by atoms with van der Waals surface area (Å²) in [6, 6.07) is 0. The number of nitrogens with zero attached hydrogens (tertiary/aromatic N) is 2. The largest absolute Gasteiger partial charge is 0.385 e. The van der Waals surface area contributed by atoms with Crippen LogP contribution in [-0.4, -0.2) is 67.3 Å². The smallest absolute Gasteiger partial charge is 0.0480 e. The van der Waals surface area contributed by atoms with E-state index in [1.165, 1.54) is 0 Å². The zero-order valence-electron chi connectivity index (χ0n) is 12.8. The molecule has 108 valence electrons. The van der Waals surface area contributed by atoms with Crippen molar-refractivity contribution >= 4 is 0 Å². The highest BCUT2D eigenvalue weighted by atomic mass is 16.5. The van der Waals surface area contributed by atoms with E-state index in [1.807, 2.05) is 0 Å². The average molecular weight is 257 g/mol. The predicted octanol–water partition coefficient (Wildman–Crippen LogP) is 1.16. The van der Waals surface area contributed by atoms with Crippen molar-refractivity contribution in [1.29, 1.82) is 0 Å². The second-order valence-electron chi connectivity index (χ2n) is 6.59. The van der Waals surface area contributed by atoms with E-state index < -0.39 is 0 Å². The van der Waals surface area contributed by atoms with Crippen LogP contribution < -0.4 is 5.73 Å². The van der Waals surface area contributed by atoms with Crippen molar-refractivity contribution in [2.75, 3.05) is 46.4 Å². The fraction of sp³-hybridized carbons (Fsp3) is 1.00. The topological polar surface area (TPSA) is 41.7 Å². The van der Waals surface area contributed by atoms with Gasteiger partial charge in [0.15, 0.2) is 0 Å². The Morgan fingerprint density at radius 3 is 1.89 bits per heavy atom. The number of rotatable bonds is 5. The number of hydrogen-bond acceptors (Lipinski definition) is 4. The number of ether oxygens (including phenoxy) is 1. The Morgan fingerprint density at radius 1 is 1.00 bits per heavy atom. The zero-order chi connectivity index (χ0) is 13.8. The third-order valence-electron chi connectivity index (χ3n) is 4.28. The Hall–Kier alpha value is -0.160. The molecule has 0 radical (unpaired) electrons. The molecule has 0 aromatic carbocycles. The number of piperazine rings is 1. The van der Waals surface area contributed by atoms with Gasteiger partial charge in [0.2, 0.25) is 0 Å². The second kappa shape index (κ2) is 6.33. The molecular weight excluding hydrogens is 226 g/mol. The molecule has 1 fully saturated rings. The quantitative estimate of drug-likeness (QED) is 0.802. The average Bonchev–Trinajstić information content (AvgIpc) is 2.35. The first-order chi connectivity index (χ1) is 8.33. The molecule has 1 rings (SSSR count). The molecule has 1 aliphatic rings. The van der Waals surface area contributed by atoms with Gasteiger partial charge in [-0.25, -0.2) is 0 Å². The van der Waals surface area contributed by atoms with Crippen LogP contribution in [0.25, 0.3) is 0 Å². The van der Waals surface area contributed by atoms with Gasteiger partial charge in [-0.15, -0.1) is 0 Å². The summed E-state index contributed by atoms with van der Waals surface area (Å²) < 4.78 is 5.21. The van der Waals surface area contributed by atoms with Crippen LogP contribution >= 0.6 is 0 Å². The maximum absolute atomic E-state index is 5.99. The highest BCUT2D eigenvalue weighted by Crippen LogP contribution is 2.23. The van der Waals surface area contributed by atoms with E-state index in [0.29, 0.717) is 6.54 Å². The van der Waals surface area contributed by atoms with Gasteiger partial charge in [0.25, 0.3) is 0 Å². The van der Waals surface area contributed by atoms with Gasteiger partial charge in [-0.3, -0.25) is 9.80 Å². The lowest BCUT2D eigenvalue weighted by Gasteiger charge is -2.48. The molecule has 2 N–H and O–H groups in total. The first-order valence-electron chi connectivity index (χ1n) is 7.02. The van der Waals surface area contributed by atoms with Crippen molar-refractivity contribution in [2.45, 2.75) is 45.2 Å². The van der Waals surface area contributed by atoms with Gasteiger partial charge in [-0.1, -0.05) is 0 Å². The van der Waals surface area contributed by atoms with E-state index in [9.17, 15) is 0 Å². The fourth-order valence-electron chi connectivity index (χ4n) is 2.63. The molecule has 0 aromatic rings. The van der Waals surface area contributed by atoms with Crippen molar-refractivity contribution in [2.24, 2.45) is 5.73 Å². The maximum atomic E-state index is 5.99. The van der Waals surface area contributed by atoms with Crippen LogP contribution in [-0.2, 0) is 4.74 Å². The van der Waals surface area contributed by atoms with Gasteiger partial charge < -0.3 is 10.5 Å². The summed E-state index contributed by atoms with van der Waals surface area (Å²) in [5, 5.41) is 0. The van der Waals surface area contributed by atoms with Gasteiger partial charge >= 0.3 is 0 Å². The minimum Gasteiger partial charge on any atom is -0.385 e. The Balaban J connectivity index is 2.54. The van der Waals surface area contributed by atoms with Crippen LogP contribution in [0.3, 0.4) is 0 Å². The molecule has 0 bridgehead atoms. The lowest BCUT2D eigenvalue weighted by atomic mass is 9.94. The minimum absolute atomic E-state index is 0.0833. The molecule has 4 heteroatoms. The molecule has 0 amide bonds. The number of hydrogen-bond donors (Lipinski definition) is 1. The van der Waals surface area contributed by atoms with Crippen molar-refractivity contribution in [3.8, 4) is 0 Å². The first-order valence-corrected chi connectivity index (χ1v) is 7.02. The molecule has 0 aromatic heterocycles.